The number of thioether (sulfide) groups is 1. The Morgan fingerprint density at radius 2 is 2.00 bits per heavy atom. The van der Waals surface area contributed by atoms with Crippen LogP contribution in [0.1, 0.15) is 19.8 Å². The van der Waals surface area contributed by atoms with E-state index in [-0.39, 0.29) is 11.8 Å². The van der Waals surface area contributed by atoms with Gasteiger partial charge in [-0.15, -0.1) is 11.8 Å². The molecule has 5 heteroatoms. The highest BCUT2D eigenvalue weighted by Crippen LogP contribution is 2.13. The molecule has 1 rings (SSSR count). The summed E-state index contributed by atoms with van der Waals surface area (Å²) in [6.07, 6.45) is 0.731. The molecule has 4 nitrogen and oxygen atoms in total. The summed E-state index contributed by atoms with van der Waals surface area (Å²) in [6.45, 7) is 2.23. The van der Waals surface area contributed by atoms with E-state index in [1.165, 1.54) is 16.7 Å². The Morgan fingerprint density at radius 3 is 2.50 bits per heavy atom. The first-order chi connectivity index (χ1) is 6.65. The maximum atomic E-state index is 11.3. The third-order valence-electron chi connectivity index (χ3n) is 2.21. The molecule has 0 aromatic heterocycles. The molecule has 1 saturated heterocycles. The number of rotatable bonds is 4. The molecule has 0 radical (unpaired) electrons. The summed E-state index contributed by atoms with van der Waals surface area (Å²) in [4.78, 5) is 23.9. The Kier molecular flexibility index (Phi) is 4.41. The Morgan fingerprint density at radius 1 is 1.43 bits per heavy atom. The zero-order valence-corrected chi connectivity index (χ0v) is 9.05. The third kappa shape index (κ3) is 2.99. The van der Waals surface area contributed by atoms with E-state index >= 15 is 0 Å². The second kappa shape index (κ2) is 5.36. The summed E-state index contributed by atoms with van der Waals surface area (Å²) in [5.41, 5.74) is 0. The standard InChI is InChI=1S/C9H15NO3S/c1-2-7(11)3-4-10-8(12)5-14-6-9(10)13/h7,11H,2-6H2,1H3. The van der Waals surface area contributed by atoms with Gasteiger partial charge in [0.15, 0.2) is 0 Å². The molecule has 0 bridgehead atoms. The molecule has 0 saturated carbocycles. The molecule has 1 unspecified atom stereocenters. The van der Waals surface area contributed by atoms with Crippen LogP contribution in [0.25, 0.3) is 0 Å². The first-order valence-electron chi connectivity index (χ1n) is 4.74. The van der Waals surface area contributed by atoms with Crippen LogP contribution in [0.4, 0.5) is 0 Å². The minimum absolute atomic E-state index is 0.130. The Hall–Kier alpha value is -0.550. The van der Waals surface area contributed by atoms with E-state index in [0.29, 0.717) is 30.9 Å². The molecule has 1 atom stereocenters. The number of aliphatic hydroxyl groups excluding tert-OH is 1. The average molecular weight is 217 g/mol. The number of nitrogens with zero attached hydrogens (tertiary/aromatic N) is 1. The van der Waals surface area contributed by atoms with Gasteiger partial charge in [0.1, 0.15) is 0 Å². The summed E-state index contributed by atoms with van der Waals surface area (Å²) < 4.78 is 0. The number of imide groups is 1. The van der Waals surface area contributed by atoms with Gasteiger partial charge in [0.2, 0.25) is 11.8 Å². The lowest BCUT2D eigenvalue weighted by Crippen LogP contribution is -2.44. The van der Waals surface area contributed by atoms with Crippen molar-refractivity contribution in [3.63, 3.8) is 0 Å². The molecular weight excluding hydrogens is 202 g/mol. The van der Waals surface area contributed by atoms with Crippen molar-refractivity contribution in [2.45, 2.75) is 25.9 Å². The van der Waals surface area contributed by atoms with Crippen molar-refractivity contribution >= 4 is 23.6 Å². The second-order valence-corrected chi connectivity index (χ2v) is 4.27. The lowest BCUT2D eigenvalue weighted by molar-refractivity contribution is -0.142. The van der Waals surface area contributed by atoms with Gasteiger partial charge in [0.25, 0.3) is 0 Å². The predicted octanol–water partition coefficient (Wildman–Crippen LogP) is 0.249. The fourth-order valence-corrected chi connectivity index (χ4v) is 2.02. The molecule has 1 heterocycles. The molecule has 0 aliphatic carbocycles. The van der Waals surface area contributed by atoms with E-state index in [2.05, 4.69) is 0 Å². The largest absolute Gasteiger partial charge is 0.393 e. The van der Waals surface area contributed by atoms with Crippen LogP contribution < -0.4 is 0 Å². The van der Waals surface area contributed by atoms with E-state index in [0.717, 1.165) is 0 Å². The SMILES string of the molecule is CCC(O)CCN1C(=O)CSCC1=O. The van der Waals surface area contributed by atoms with Gasteiger partial charge in [-0.25, -0.2) is 0 Å². The van der Waals surface area contributed by atoms with Crippen LogP contribution in [0.3, 0.4) is 0 Å². The second-order valence-electron chi connectivity index (χ2n) is 3.28. The fraction of sp³-hybridized carbons (Fsp3) is 0.778. The van der Waals surface area contributed by atoms with Gasteiger partial charge >= 0.3 is 0 Å². The minimum Gasteiger partial charge on any atom is -0.393 e. The van der Waals surface area contributed by atoms with Gasteiger partial charge in [0.05, 0.1) is 17.6 Å². The highest BCUT2D eigenvalue weighted by molar-refractivity contribution is 8.00. The number of carbonyl (C=O) groups excluding carboxylic acids is 2. The van der Waals surface area contributed by atoms with Crippen LogP contribution in [-0.4, -0.2) is 46.0 Å². The Bertz CT molecular complexity index is 216. The van der Waals surface area contributed by atoms with Crippen LogP contribution in [0.2, 0.25) is 0 Å². The highest BCUT2D eigenvalue weighted by atomic mass is 32.2. The number of hydrogen-bond acceptors (Lipinski definition) is 4. The average Bonchev–Trinajstić information content (AvgIpc) is 2.16. The monoisotopic (exact) mass is 217 g/mol. The quantitative estimate of drug-likeness (QED) is 0.686. The molecule has 1 fully saturated rings. The normalized spacial score (nSPS) is 20.0. The van der Waals surface area contributed by atoms with Crippen molar-refractivity contribution in [2.24, 2.45) is 0 Å². The third-order valence-corrected chi connectivity index (χ3v) is 3.11. The summed E-state index contributed by atoms with van der Waals surface area (Å²) in [5, 5.41) is 9.31. The van der Waals surface area contributed by atoms with Crippen LogP contribution in [0.15, 0.2) is 0 Å². The Balaban J connectivity index is 2.40. The molecular formula is C9H15NO3S. The first-order valence-corrected chi connectivity index (χ1v) is 5.89. The lowest BCUT2D eigenvalue weighted by Gasteiger charge is -2.25. The smallest absolute Gasteiger partial charge is 0.239 e. The molecule has 1 N–H and O–H groups in total. The minimum atomic E-state index is -0.412. The zero-order chi connectivity index (χ0) is 10.6. The molecule has 1 aliphatic heterocycles. The number of aliphatic hydroxyl groups is 1. The number of hydrogen-bond donors (Lipinski definition) is 1. The summed E-state index contributed by atoms with van der Waals surface area (Å²) in [7, 11) is 0. The van der Waals surface area contributed by atoms with Gasteiger partial charge in [-0.1, -0.05) is 6.92 Å². The van der Waals surface area contributed by atoms with E-state index in [4.69, 9.17) is 0 Å². The van der Waals surface area contributed by atoms with Crippen LogP contribution in [-0.2, 0) is 9.59 Å². The fourth-order valence-electron chi connectivity index (χ4n) is 1.25. The number of amides is 2. The zero-order valence-electron chi connectivity index (χ0n) is 8.23. The van der Waals surface area contributed by atoms with Gasteiger partial charge in [-0.05, 0) is 12.8 Å². The van der Waals surface area contributed by atoms with Crippen molar-refractivity contribution < 1.29 is 14.7 Å². The summed E-state index contributed by atoms with van der Waals surface area (Å²) >= 11 is 1.35. The molecule has 0 spiro atoms. The highest BCUT2D eigenvalue weighted by Gasteiger charge is 2.26. The maximum absolute atomic E-state index is 11.3. The van der Waals surface area contributed by atoms with E-state index in [1.807, 2.05) is 6.92 Å². The molecule has 14 heavy (non-hydrogen) atoms. The summed E-state index contributed by atoms with van der Waals surface area (Å²) in [5.74, 6) is 0.506. The van der Waals surface area contributed by atoms with E-state index in [9.17, 15) is 14.7 Å². The van der Waals surface area contributed by atoms with Gasteiger partial charge in [0, 0.05) is 6.54 Å². The Labute approximate surface area is 87.7 Å². The van der Waals surface area contributed by atoms with Gasteiger partial charge < -0.3 is 5.11 Å². The molecule has 0 aromatic rings. The topological polar surface area (TPSA) is 57.6 Å². The van der Waals surface area contributed by atoms with Crippen molar-refractivity contribution in [1.29, 1.82) is 0 Å². The first kappa shape index (κ1) is 11.5. The van der Waals surface area contributed by atoms with E-state index < -0.39 is 6.10 Å². The lowest BCUT2D eigenvalue weighted by atomic mass is 10.2. The number of carbonyl (C=O) groups is 2. The van der Waals surface area contributed by atoms with Crippen LogP contribution >= 0.6 is 11.8 Å². The van der Waals surface area contributed by atoms with Gasteiger partial charge in [-0.2, -0.15) is 0 Å². The van der Waals surface area contributed by atoms with Crippen molar-refractivity contribution in [1.82, 2.24) is 4.90 Å². The predicted molar refractivity (Wildman–Crippen MR) is 55.0 cm³/mol. The van der Waals surface area contributed by atoms with Crippen molar-refractivity contribution in [2.75, 3.05) is 18.1 Å². The molecule has 0 aromatic carbocycles. The maximum Gasteiger partial charge on any atom is 0.239 e. The van der Waals surface area contributed by atoms with E-state index in [1.54, 1.807) is 0 Å². The summed E-state index contributed by atoms with van der Waals surface area (Å²) in [6, 6.07) is 0. The van der Waals surface area contributed by atoms with Crippen LogP contribution in [0.5, 0.6) is 0 Å². The van der Waals surface area contributed by atoms with Crippen molar-refractivity contribution in [3.8, 4) is 0 Å². The molecule has 80 valence electrons. The molecule has 2 amide bonds. The van der Waals surface area contributed by atoms with Crippen molar-refractivity contribution in [3.05, 3.63) is 0 Å². The molecule has 1 aliphatic rings. The van der Waals surface area contributed by atoms with Gasteiger partial charge in [-0.3, -0.25) is 14.5 Å². The van der Waals surface area contributed by atoms with Crippen LogP contribution in [0, 0.1) is 0 Å².